The van der Waals surface area contributed by atoms with Crippen molar-refractivity contribution in [3.8, 4) is 0 Å². The van der Waals surface area contributed by atoms with Crippen LogP contribution in [0.25, 0.3) is 0 Å². The lowest BCUT2D eigenvalue weighted by molar-refractivity contribution is -0.387. The van der Waals surface area contributed by atoms with Crippen molar-refractivity contribution in [3.05, 3.63) is 34.4 Å². The molecule has 13 heteroatoms. The quantitative estimate of drug-likeness (QED) is 0.309. The van der Waals surface area contributed by atoms with E-state index in [0.29, 0.717) is 32.4 Å². The lowest BCUT2D eigenvalue weighted by Gasteiger charge is -2.45. The molecule has 0 aliphatic carbocycles. The fourth-order valence-corrected chi connectivity index (χ4v) is 7.37. The molecule has 0 radical (unpaired) electrons. The molecule has 1 N–H and O–H groups in total. The summed E-state index contributed by atoms with van der Waals surface area (Å²) in [6.07, 6.45) is 1.78. The molecule has 0 aromatic heterocycles. The maximum Gasteiger partial charge on any atom is 0.303 e. The van der Waals surface area contributed by atoms with Crippen LogP contribution in [0.4, 0.5) is 5.69 Å². The van der Waals surface area contributed by atoms with Crippen LogP contribution in [-0.2, 0) is 24.4 Å². The summed E-state index contributed by atoms with van der Waals surface area (Å²) in [7, 11) is -4.39. The van der Waals surface area contributed by atoms with Crippen molar-refractivity contribution in [3.63, 3.8) is 0 Å². The number of para-hydroxylation sites is 1. The van der Waals surface area contributed by atoms with Crippen molar-refractivity contribution in [2.24, 2.45) is 17.8 Å². The molecule has 1 aromatic rings. The smallest absolute Gasteiger partial charge is 0.303 e. The van der Waals surface area contributed by atoms with E-state index in [-0.39, 0.29) is 49.6 Å². The van der Waals surface area contributed by atoms with Gasteiger partial charge in [-0.2, -0.15) is 4.31 Å². The van der Waals surface area contributed by atoms with Gasteiger partial charge in [-0.3, -0.25) is 24.5 Å². The topological polar surface area (TPSA) is 158 Å². The van der Waals surface area contributed by atoms with Crippen molar-refractivity contribution in [2.75, 3.05) is 26.2 Å². The molecular weight excluding hydrogens is 540 g/mol. The summed E-state index contributed by atoms with van der Waals surface area (Å²) >= 11 is 0. The number of piperidine rings is 1. The van der Waals surface area contributed by atoms with Gasteiger partial charge in [-0.1, -0.05) is 39.8 Å². The number of hydrogen-bond donors (Lipinski definition) is 1. The summed E-state index contributed by atoms with van der Waals surface area (Å²) in [5, 5.41) is 20.7. The minimum absolute atomic E-state index is 0.00190. The van der Waals surface area contributed by atoms with Gasteiger partial charge in [0.1, 0.15) is 12.1 Å². The molecule has 2 aliphatic heterocycles. The third-order valence-electron chi connectivity index (χ3n) is 7.57. The molecule has 0 bridgehead atoms. The van der Waals surface area contributed by atoms with Crippen LogP contribution >= 0.6 is 0 Å². The number of sulfonamides is 1. The molecule has 2 amide bonds. The molecule has 2 atom stereocenters. The van der Waals surface area contributed by atoms with Crippen LogP contribution in [0.2, 0.25) is 0 Å². The molecule has 40 heavy (non-hydrogen) atoms. The van der Waals surface area contributed by atoms with Crippen LogP contribution in [0.5, 0.6) is 0 Å². The number of likely N-dealkylation sites (tertiary alicyclic amines) is 1. The number of nitro benzene ring substituents is 1. The fraction of sp³-hybridized carbons (Fsp3) is 0.667. The largest absolute Gasteiger partial charge is 0.481 e. The minimum atomic E-state index is -4.39. The molecule has 2 fully saturated rings. The average molecular weight is 581 g/mol. The lowest BCUT2D eigenvalue weighted by Crippen LogP contribution is -2.64. The number of nitrogens with zero attached hydrogens (tertiary/aromatic N) is 4. The maximum atomic E-state index is 14.0. The third-order valence-corrected chi connectivity index (χ3v) is 9.52. The van der Waals surface area contributed by atoms with Crippen LogP contribution in [0.1, 0.15) is 59.8 Å². The number of amides is 2. The first-order valence-corrected chi connectivity index (χ1v) is 15.2. The fourth-order valence-electron chi connectivity index (χ4n) is 5.62. The summed E-state index contributed by atoms with van der Waals surface area (Å²) in [5.74, 6) is -1.56. The molecule has 1 unspecified atom stereocenters. The van der Waals surface area contributed by atoms with E-state index in [0.717, 1.165) is 10.4 Å². The number of rotatable bonds is 11. The van der Waals surface area contributed by atoms with Crippen LogP contribution < -0.4 is 0 Å². The standard InChI is InChI=1S/C27H40N4O8S/c1-18(2)15-22(26(34)28-11-9-20(10-12-28)17-25(32)33)29-13-14-30(23(27(29)35)16-19(3)4)40(38,39)24-8-6-5-7-21(24)31(36)37/h5-8,18-20,22-23H,9-17H2,1-4H3,(H,32,33)/t22?,23-/m0/s1. The Morgan fingerprint density at radius 3 is 2.23 bits per heavy atom. The second kappa shape index (κ2) is 13.1. The van der Waals surface area contributed by atoms with Crippen molar-refractivity contribution in [1.29, 1.82) is 0 Å². The van der Waals surface area contributed by atoms with E-state index in [1.165, 1.54) is 23.1 Å². The number of piperazine rings is 1. The van der Waals surface area contributed by atoms with Gasteiger partial charge in [-0.05, 0) is 49.5 Å². The van der Waals surface area contributed by atoms with Gasteiger partial charge in [0.2, 0.25) is 11.8 Å². The zero-order valence-corrected chi connectivity index (χ0v) is 24.4. The average Bonchev–Trinajstić information content (AvgIpc) is 2.88. The Labute approximate surface area is 235 Å². The van der Waals surface area contributed by atoms with E-state index in [9.17, 15) is 32.9 Å². The molecule has 3 rings (SSSR count). The first kappa shape index (κ1) is 31.5. The third kappa shape index (κ3) is 7.17. The number of benzene rings is 1. The van der Waals surface area contributed by atoms with E-state index in [1.54, 1.807) is 4.90 Å². The second-order valence-corrected chi connectivity index (χ2v) is 13.4. The number of aliphatic carboxylic acids is 1. The molecule has 12 nitrogen and oxygen atoms in total. The molecule has 0 saturated carbocycles. The van der Waals surface area contributed by atoms with Crippen LogP contribution in [-0.4, -0.2) is 88.6 Å². The molecule has 222 valence electrons. The lowest BCUT2D eigenvalue weighted by atomic mass is 9.92. The highest BCUT2D eigenvalue weighted by Crippen LogP contribution is 2.32. The highest BCUT2D eigenvalue weighted by molar-refractivity contribution is 7.89. The van der Waals surface area contributed by atoms with Gasteiger partial charge >= 0.3 is 5.97 Å². The molecular formula is C27H40N4O8S. The Morgan fingerprint density at radius 2 is 1.68 bits per heavy atom. The highest BCUT2D eigenvalue weighted by Gasteiger charge is 2.47. The molecule has 2 saturated heterocycles. The summed E-state index contributed by atoms with van der Waals surface area (Å²) in [6, 6.07) is 3.21. The highest BCUT2D eigenvalue weighted by atomic mass is 32.2. The van der Waals surface area contributed by atoms with Gasteiger partial charge < -0.3 is 14.9 Å². The van der Waals surface area contributed by atoms with E-state index >= 15 is 0 Å². The van der Waals surface area contributed by atoms with E-state index < -0.39 is 49.5 Å². The van der Waals surface area contributed by atoms with Crippen molar-refractivity contribution < 1.29 is 32.8 Å². The number of carbonyl (C=O) groups is 3. The number of carboxylic acid groups (broad SMARTS) is 1. The number of hydrogen-bond acceptors (Lipinski definition) is 7. The first-order valence-electron chi connectivity index (χ1n) is 13.8. The van der Waals surface area contributed by atoms with Crippen LogP contribution in [0.15, 0.2) is 29.2 Å². The molecule has 0 spiro atoms. The predicted octanol–water partition coefficient (Wildman–Crippen LogP) is 2.97. The molecule has 2 aliphatic rings. The normalized spacial score (nSPS) is 20.2. The number of carboxylic acids is 1. The molecule has 2 heterocycles. The Bertz CT molecular complexity index is 1210. The van der Waals surface area contributed by atoms with Gasteiger partial charge in [0, 0.05) is 38.7 Å². The predicted molar refractivity (Wildman–Crippen MR) is 147 cm³/mol. The van der Waals surface area contributed by atoms with Gasteiger partial charge in [-0.15, -0.1) is 0 Å². The minimum Gasteiger partial charge on any atom is -0.481 e. The van der Waals surface area contributed by atoms with Crippen molar-refractivity contribution in [2.45, 2.75) is 76.8 Å². The van der Waals surface area contributed by atoms with Crippen molar-refractivity contribution in [1.82, 2.24) is 14.1 Å². The Hall–Kier alpha value is -3.06. The summed E-state index contributed by atoms with van der Waals surface area (Å²) in [6.45, 7) is 8.31. The number of carbonyl (C=O) groups excluding carboxylic acids is 2. The zero-order chi connectivity index (χ0) is 29.8. The Balaban J connectivity index is 1.90. The van der Waals surface area contributed by atoms with E-state index in [1.807, 2.05) is 27.7 Å². The molecule has 1 aromatic carbocycles. The van der Waals surface area contributed by atoms with Gasteiger partial charge in [0.05, 0.1) is 4.92 Å². The second-order valence-electron chi connectivity index (χ2n) is 11.5. The summed E-state index contributed by atoms with van der Waals surface area (Å²) in [5.41, 5.74) is -0.556. The Kier molecular flexibility index (Phi) is 10.3. The van der Waals surface area contributed by atoms with Crippen LogP contribution in [0, 0.1) is 27.9 Å². The van der Waals surface area contributed by atoms with Gasteiger partial charge in [-0.25, -0.2) is 8.42 Å². The summed E-state index contributed by atoms with van der Waals surface area (Å²) in [4.78, 5) is 52.4. The monoisotopic (exact) mass is 580 g/mol. The van der Waals surface area contributed by atoms with Crippen molar-refractivity contribution >= 4 is 33.5 Å². The van der Waals surface area contributed by atoms with Gasteiger partial charge in [0.25, 0.3) is 15.7 Å². The van der Waals surface area contributed by atoms with Crippen LogP contribution in [0.3, 0.4) is 0 Å². The zero-order valence-electron chi connectivity index (χ0n) is 23.6. The van der Waals surface area contributed by atoms with Gasteiger partial charge in [0.15, 0.2) is 4.90 Å². The maximum absolute atomic E-state index is 14.0. The van der Waals surface area contributed by atoms with E-state index in [4.69, 9.17) is 5.11 Å². The number of nitro groups is 1. The van der Waals surface area contributed by atoms with E-state index in [2.05, 4.69) is 0 Å². The SMILES string of the molecule is CC(C)CC(C(=O)N1CCC(CC(=O)O)CC1)N1CCN(S(=O)(=O)c2ccccc2[N+](=O)[O-])[C@@H](CC(C)C)C1=O. The summed E-state index contributed by atoms with van der Waals surface area (Å²) < 4.78 is 28.5. The first-order chi connectivity index (χ1) is 18.7. The Morgan fingerprint density at radius 1 is 1.05 bits per heavy atom.